The van der Waals surface area contributed by atoms with E-state index in [0.29, 0.717) is 12.3 Å². The van der Waals surface area contributed by atoms with Crippen molar-refractivity contribution in [3.8, 4) is 5.75 Å². The van der Waals surface area contributed by atoms with E-state index in [1.807, 2.05) is 24.3 Å². The minimum Gasteiger partial charge on any atom is -0.481 e. The zero-order valence-corrected chi connectivity index (χ0v) is 11.1. The standard InChI is InChI=1S/C14H18O2S/c1-10(2)7-8-11(15)13-9-17-14-6-4-3-5-12(14)16-13/h3-6,10,13H,7-9H2,1-2H3. The Balaban J connectivity index is 1.95. The van der Waals surface area contributed by atoms with Gasteiger partial charge in [0, 0.05) is 17.1 Å². The van der Waals surface area contributed by atoms with Crippen LogP contribution in [0.3, 0.4) is 0 Å². The van der Waals surface area contributed by atoms with Crippen LogP contribution in [0.25, 0.3) is 0 Å². The van der Waals surface area contributed by atoms with Crippen molar-refractivity contribution in [2.24, 2.45) is 5.92 Å². The summed E-state index contributed by atoms with van der Waals surface area (Å²) in [7, 11) is 0. The molecule has 0 bridgehead atoms. The number of carbonyl (C=O) groups is 1. The Morgan fingerprint density at radius 1 is 1.47 bits per heavy atom. The average Bonchev–Trinajstić information content (AvgIpc) is 2.35. The third-order valence-electron chi connectivity index (χ3n) is 2.84. The van der Waals surface area contributed by atoms with E-state index in [9.17, 15) is 4.79 Å². The summed E-state index contributed by atoms with van der Waals surface area (Å²) in [6.07, 6.45) is 1.32. The van der Waals surface area contributed by atoms with E-state index in [1.165, 1.54) is 0 Å². The quantitative estimate of drug-likeness (QED) is 0.817. The van der Waals surface area contributed by atoms with Gasteiger partial charge in [0.25, 0.3) is 0 Å². The molecule has 1 aromatic carbocycles. The molecular weight excluding hydrogens is 232 g/mol. The van der Waals surface area contributed by atoms with Crippen molar-refractivity contribution in [3.63, 3.8) is 0 Å². The summed E-state index contributed by atoms with van der Waals surface area (Å²) in [5.41, 5.74) is 0. The zero-order valence-electron chi connectivity index (χ0n) is 10.3. The van der Waals surface area contributed by atoms with Gasteiger partial charge < -0.3 is 4.74 Å². The molecule has 0 spiro atoms. The van der Waals surface area contributed by atoms with Gasteiger partial charge in [0.1, 0.15) is 5.75 Å². The lowest BCUT2D eigenvalue weighted by molar-refractivity contribution is -0.125. The second-order valence-electron chi connectivity index (χ2n) is 4.76. The minimum atomic E-state index is -0.256. The number of benzene rings is 1. The summed E-state index contributed by atoms with van der Waals surface area (Å²) >= 11 is 1.71. The van der Waals surface area contributed by atoms with Crippen LogP contribution in [0, 0.1) is 5.92 Å². The second kappa shape index (κ2) is 5.58. The van der Waals surface area contributed by atoms with Crippen LogP contribution in [0.5, 0.6) is 5.75 Å². The normalized spacial score (nSPS) is 18.6. The van der Waals surface area contributed by atoms with Crippen LogP contribution < -0.4 is 4.74 Å². The summed E-state index contributed by atoms with van der Waals surface area (Å²) in [5, 5.41) is 0. The third kappa shape index (κ3) is 3.25. The molecule has 2 rings (SSSR count). The van der Waals surface area contributed by atoms with Gasteiger partial charge >= 0.3 is 0 Å². The summed E-state index contributed by atoms with van der Waals surface area (Å²) in [5.74, 6) is 2.41. The molecule has 0 aromatic heterocycles. The first kappa shape index (κ1) is 12.5. The number of thioether (sulfide) groups is 1. The summed E-state index contributed by atoms with van der Waals surface area (Å²) in [6, 6.07) is 7.91. The molecule has 1 aliphatic heterocycles. The van der Waals surface area contributed by atoms with Crippen molar-refractivity contribution in [1.29, 1.82) is 0 Å². The van der Waals surface area contributed by atoms with E-state index < -0.39 is 0 Å². The van der Waals surface area contributed by atoms with Gasteiger partial charge in [0.2, 0.25) is 0 Å². The van der Waals surface area contributed by atoms with Crippen LogP contribution in [-0.2, 0) is 4.79 Å². The molecule has 0 fully saturated rings. The van der Waals surface area contributed by atoms with Crippen molar-refractivity contribution >= 4 is 17.5 Å². The van der Waals surface area contributed by atoms with E-state index in [-0.39, 0.29) is 11.9 Å². The van der Waals surface area contributed by atoms with E-state index in [0.717, 1.165) is 22.8 Å². The van der Waals surface area contributed by atoms with Crippen molar-refractivity contribution in [1.82, 2.24) is 0 Å². The van der Waals surface area contributed by atoms with Crippen LogP contribution in [0.1, 0.15) is 26.7 Å². The van der Waals surface area contributed by atoms with Crippen LogP contribution in [0.15, 0.2) is 29.2 Å². The number of para-hydroxylation sites is 1. The van der Waals surface area contributed by atoms with Gasteiger partial charge in [0.05, 0.1) is 0 Å². The van der Waals surface area contributed by atoms with Gasteiger partial charge in [-0.2, -0.15) is 0 Å². The van der Waals surface area contributed by atoms with Crippen molar-refractivity contribution < 1.29 is 9.53 Å². The van der Waals surface area contributed by atoms with Crippen molar-refractivity contribution in [3.05, 3.63) is 24.3 Å². The molecule has 0 amide bonds. The van der Waals surface area contributed by atoms with Crippen LogP contribution in [-0.4, -0.2) is 17.6 Å². The van der Waals surface area contributed by atoms with E-state index in [4.69, 9.17) is 4.74 Å². The molecule has 1 atom stereocenters. The molecule has 0 saturated carbocycles. The van der Waals surface area contributed by atoms with Crippen molar-refractivity contribution in [2.45, 2.75) is 37.7 Å². The maximum Gasteiger partial charge on any atom is 0.174 e. The summed E-state index contributed by atoms with van der Waals surface area (Å²) in [6.45, 7) is 4.28. The molecule has 1 aliphatic rings. The smallest absolute Gasteiger partial charge is 0.174 e. The fourth-order valence-electron chi connectivity index (χ4n) is 1.77. The fraction of sp³-hybridized carbons (Fsp3) is 0.500. The van der Waals surface area contributed by atoms with E-state index >= 15 is 0 Å². The Labute approximate surface area is 107 Å². The molecule has 0 radical (unpaired) electrons. The molecule has 0 saturated heterocycles. The second-order valence-corrected chi connectivity index (χ2v) is 5.82. The van der Waals surface area contributed by atoms with Gasteiger partial charge in [-0.3, -0.25) is 4.79 Å². The topological polar surface area (TPSA) is 26.3 Å². The van der Waals surface area contributed by atoms with Crippen molar-refractivity contribution in [2.75, 3.05) is 5.75 Å². The number of Topliss-reactive ketones (excluding diaryl/α,β-unsaturated/α-hetero) is 1. The molecule has 1 heterocycles. The number of carbonyl (C=O) groups excluding carboxylic acids is 1. The number of fused-ring (bicyclic) bond motifs is 1. The molecule has 0 N–H and O–H groups in total. The Hall–Kier alpha value is -0.960. The van der Waals surface area contributed by atoms with Gasteiger partial charge in [-0.1, -0.05) is 26.0 Å². The maximum absolute atomic E-state index is 12.0. The van der Waals surface area contributed by atoms with Crippen LogP contribution in [0.4, 0.5) is 0 Å². The number of hydrogen-bond acceptors (Lipinski definition) is 3. The molecule has 1 unspecified atom stereocenters. The van der Waals surface area contributed by atoms with Gasteiger partial charge in [-0.25, -0.2) is 0 Å². The molecular formula is C14H18O2S. The van der Waals surface area contributed by atoms with Crippen LogP contribution >= 0.6 is 11.8 Å². The highest BCUT2D eigenvalue weighted by atomic mass is 32.2. The maximum atomic E-state index is 12.0. The molecule has 2 nitrogen and oxygen atoms in total. The summed E-state index contributed by atoms with van der Waals surface area (Å²) < 4.78 is 5.76. The largest absolute Gasteiger partial charge is 0.481 e. The number of ether oxygens (including phenoxy) is 1. The molecule has 0 aliphatic carbocycles. The number of hydrogen-bond donors (Lipinski definition) is 0. The Morgan fingerprint density at radius 3 is 3.00 bits per heavy atom. The average molecular weight is 250 g/mol. The molecule has 92 valence electrons. The van der Waals surface area contributed by atoms with Gasteiger partial charge in [0.15, 0.2) is 11.9 Å². The van der Waals surface area contributed by atoms with E-state index in [2.05, 4.69) is 13.8 Å². The number of ketones is 1. The predicted octanol–water partition coefficient (Wildman–Crippen LogP) is 3.55. The Morgan fingerprint density at radius 2 is 2.24 bits per heavy atom. The third-order valence-corrected chi connectivity index (χ3v) is 3.95. The molecule has 17 heavy (non-hydrogen) atoms. The Kier molecular flexibility index (Phi) is 4.11. The Bertz CT molecular complexity index is 401. The zero-order chi connectivity index (χ0) is 12.3. The summed E-state index contributed by atoms with van der Waals surface area (Å²) in [4.78, 5) is 13.1. The lowest BCUT2D eigenvalue weighted by atomic mass is 10.0. The highest BCUT2D eigenvalue weighted by Crippen LogP contribution is 2.35. The first-order valence-electron chi connectivity index (χ1n) is 6.08. The highest BCUT2D eigenvalue weighted by Gasteiger charge is 2.25. The fourth-order valence-corrected chi connectivity index (χ4v) is 2.79. The lowest BCUT2D eigenvalue weighted by Gasteiger charge is -2.24. The SMILES string of the molecule is CC(C)CCC(=O)C1CSc2ccccc2O1. The molecule has 3 heteroatoms. The van der Waals surface area contributed by atoms with Crippen LogP contribution in [0.2, 0.25) is 0 Å². The molecule has 1 aromatic rings. The number of rotatable bonds is 4. The monoisotopic (exact) mass is 250 g/mol. The van der Waals surface area contributed by atoms with E-state index in [1.54, 1.807) is 11.8 Å². The predicted molar refractivity (Wildman–Crippen MR) is 70.7 cm³/mol. The lowest BCUT2D eigenvalue weighted by Crippen LogP contribution is -2.32. The first-order valence-corrected chi connectivity index (χ1v) is 7.06. The van der Waals surface area contributed by atoms with Gasteiger partial charge in [-0.15, -0.1) is 11.8 Å². The minimum absolute atomic E-state index is 0.237. The highest BCUT2D eigenvalue weighted by molar-refractivity contribution is 7.99. The first-order chi connectivity index (χ1) is 8.16. The van der Waals surface area contributed by atoms with Gasteiger partial charge in [-0.05, 0) is 24.5 Å².